The fraction of sp³-hybridized carbons (Fsp3) is 0.111. The first kappa shape index (κ1) is 20.2. The first-order chi connectivity index (χ1) is 13.4. The lowest BCUT2D eigenvalue weighted by molar-refractivity contribution is -0.138. The lowest BCUT2D eigenvalue weighted by atomic mass is 10.0. The normalized spacial score (nSPS) is 12.2. The van der Waals surface area contributed by atoms with Crippen LogP contribution < -0.4 is 10.5 Å². The van der Waals surface area contributed by atoms with Crippen LogP contribution in [0.4, 0.5) is 36.8 Å². The maximum absolute atomic E-state index is 13.0. The van der Waals surface area contributed by atoms with Crippen molar-refractivity contribution in [3.05, 3.63) is 53.6 Å². The summed E-state index contributed by atoms with van der Waals surface area (Å²) >= 11 is 0. The molecule has 0 unspecified atom stereocenters. The average molecular weight is 416 g/mol. The van der Waals surface area contributed by atoms with Crippen LogP contribution >= 0.6 is 0 Å². The van der Waals surface area contributed by atoms with Crippen molar-refractivity contribution in [2.24, 2.45) is 0 Å². The molecule has 0 amide bonds. The highest BCUT2D eigenvalue weighted by atomic mass is 19.4. The lowest BCUT2D eigenvalue weighted by Gasteiger charge is -2.15. The zero-order valence-corrected chi connectivity index (χ0v) is 14.1. The molecule has 3 aromatic rings. The van der Waals surface area contributed by atoms with Crippen molar-refractivity contribution in [1.29, 1.82) is 0 Å². The van der Waals surface area contributed by atoms with Gasteiger partial charge in [-0.3, -0.25) is 0 Å². The number of hydrogen-bond donors (Lipinski definition) is 2. The summed E-state index contributed by atoms with van der Waals surface area (Å²) < 4.78 is 81.7. The van der Waals surface area contributed by atoms with Gasteiger partial charge in [-0.1, -0.05) is 12.1 Å². The summed E-state index contributed by atoms with van der Waals surface area (Å²) in [6.07, 6.45) is -11.1. The van der Waals surface area contributed by atoms with E-state index in [1.54, 1.807) is 0 Å². The van der Waals surface area contributed by atoms with Crippen molar-refractivity contribution in [3.63, 3.8) is 0 Å². The number of nitrogens with two attached hydrogens (primary N) is 1. The minimum Gasteiger partial charge on any atom is -0.449 e. The molecule has 0 atom stereocenters. The third kappa shape index (κ3) is 4.03. The number of rotatable bonds is 2. The average Bonchev–Trinajstić information content (AvgIpc) is 2.62. The number of anilines is 1. The molecule has 0 saturated carbocycles. The Labute approximate surface area is 158 Å². The Balaban J connectivity index is 2.24. The second-order valence-corrected chi connectivity index (χ2v) is 5.88. The molecule has 0 bridgehead atoms. The minimum absolute atomic E-state index is 0.0849. The predicted molar refractivity (Wildman–Crippen MR) is 90.2 cm³/mol. The molecule has 1 aromatic heterocycles. The molecule has 0 aliphatic rings. The van der Waals surface area contributed by atoms with Gasteiger partial charge in [0.05, 0.1) is 22.3 Å². The van der Waals surface area contributed by atoms with Crippen LogP contribution in [0.3, 0.4) is 0 Å². The summed E-state index contributed by atoms with van der Waals surface area (Å²) in [4.78, 5) is 15.1. The number of nitrogens with zero attached hydrogens (tertiary/aromatic N) is 1. The molecule has 3 N–H and O–H groups in total. The summed E-state index contributed by atoms with van der Waals surface area (Å²) in [6.45, 7) is 0. The maximum atomic E-state index is 13.0. The fourth-order valence-electron chi connectivity index (χ4n) is 2.66. The third-order valence-corrected chi connectivity index (χ3v) is 3.98. The van der Waals surface area contributed by atoms with Crippen LogP contribution in [0.15, 0.2) is 42.5 Å². The van der Waals surface area contributed by atoms with Crippen molar-refractivity contribution < 1.29 is 41.0 Å². The summed E-state index contributed by atoms with van der Waals surface area (Å²) in [7, 11) is 0. The van der Waals surface area contributed by atoms with E-state index in [1.165, 1.54) is 0 Å². The van der Waals surface area contributed by atoms with E-state index in [1.807, 2.05) is 0 Å². The second-order valence-electron chi connectivity index (χ2n) is 5.88. The van der Waals surface area contributed by atoms with Gasteiger partial charge in [-0.25, -0.2) is 9.78 Å². The van der Waals surface area contributed by atoms with Gasteiger partial charge in [0.25, 0.3) is 0 Å². The molecular weight excluding hydrogens is 406 g/mol. The molecule has 0 aliphatic carbocycles. The van der Waals surface area contributed by atoms with Crippen molar-refractivity contribution in [2.75, 3.05) is 5.73 Å². The maximum Gasteiger partial charge on any atom is 0.511 e. The van der Waals surface area contributed by atoms with E-state index in [2.05, 4.69) is 9.72 Å². The van der Waals surface area contributed by atoms with Gasteiger partial charge in [0.2, 0.25) is 0 Å². The number of benzene rings is 2. The number of carboxylic acid groups (broad SMARTS) is 1. The zero-order chi connectivity index (χ0) is 21.6. The van der Waals surface area contributed by atoms with E-state index >= 15 is 0 Å². The molecule has 11 heteroatoms. The molecule has 0 fully saturated rings. The van der Waals surface area contributed by atoms with E-state index in [4.69, 9.17) is 10.8 Å². The molecule has 152 valence electrons. The van der Waals surface area contributed by atoms with Gasteiger partial charge in [0.15, 0.2) is 5.75 Å². The van der Waals surface area contributed by atoms with Gasteiger partial charge in [-0.15, -0.1) is 0 Å². The minimum atomic E-state index is -4.71. The number of alkyl halides is 6. The van der Waals surface area contributed by atoms with Crippen LogP contribution in [0.1, 0.15) is 11.1 Å². The van der Waals surface area contributed by atoms with Crippen LogP contribution in [0.5, 0.6) is 5.75 Å². The van der Waals surface area contributed by atoms with Gasteiger partial charge in [-0.2, -0.15) is 26.3 Å². The Hall–Kier alpha value is -3.50. The Morgan fingerprint density at radius 1 is 0.931 bits per heavy atom. The van der Waals surface area contributed by atoms with Gasteiger partial charge in [-0.05, 0) is 30.3 Å². The van der Waals surface area contributed by atoms with Crippen LogP contribution in [-0.2, 0) is 12.4 Å². The smallest absolute Gasteiger partial charge is 0.449 e. The predicted octanol–water partition coefficient (Wildman–Crippen LogP) is 5.58. The molecule has 0 aliphatic heterocycles. The van der Waals surface area contributed by atoms with Crippen molar-refractivity contribution in [1.82, 2.24) is 4.98 Å². The first-order valence-corrected chi connectivity index (χ1v) is 7.77. The molecule has 5 nitrogen and oxygen atoms in total. The SMILES string of the molecule is Nc1c(-c2ccc(C(F)(F)F)cc2)nc2ccc(C(F)(F)F)cc2c1OC(=O)O. The first-order valence-electron chi connectivity index (χ1n) is 7.77. The number of halogens is 6. The molecule has 0 spiro atoms. The second kappa shape index (κ2) is 6.83. The number of ether oxygens (including phenoxy) is 1. The van der Waals surface area contributed by atoms with Crippen LogP contribution in [0, 0.1) is 0 Å². The Morgan fingerprint density at radius 3 is 2.00 bits per heavy atom. The molecule has 0 saturated heterocycles. The van der Waals surface area contributed by atoms with Gasteiger partial charge in [0.1, 0.15) is 5.69 Å². The summed E-state index contributed by atoms with van der Waals surface area (Å²) in [5.74, 6) is -0.594. The molecule has 1 heterocycles. The Kier molecular flexibility index (Phi) is 4.77. The van der Waals surface area contributed by atoms with Gasteiger partial charge >= 0.3 is 18.5 Å². The number of hydrogen-bond acceptors (Lipinski definition) is 4. The van der Waals surface area contributed by atoms with E-state index < -0.39 is 41.1 Å². The van der Waals surface area contributed by atoms with Crippen molar-refractivity contribution >= 4 is 22.7 Å². The Bertz CT molecular complexity index is 1090. The monoisotopic (exact) mass is 416 g/mol. The van der Waals surface area contributed by atoms with Crippen molar-refractivity contribution in [3.8, 4) is 17.0 Å². The van der Waals surface area contributed by atoms with Crippen LogP contribution in [0.2, 0.25) is 0 Å². The highest BCUT2D eigenvalue weighted by Gasteiger charge is 2.32. The zero-order valence-electron chi connectivity index (χ0n) is 14.1. The number of nitrogen functional groups attached to an aromatic ring is 1. The standard InChI is InChI=1S/C18H10F6N2O3/c19-17(20,21)9-3-1-8(2-4-9)14-13(25)15(29-16(27)28)11-7-10(18(22,23)24)5-6-12(11)26-14/h1-7H,25H2,(H,27,28). The van der Waals surface area contributed by atoms with E-state index in [0.717, 1.165) is 36.4 Å². The highest BCUT2D eigenvalue weighted by Crippen LogP contribution is 2.41. The summed E-state index contributed by atoms with van der Waals surface area (Å²) in [5.41, 5.74) is 3.28. The third-order valence-electron chi connectivity index (χ3n) is 3.98. The molecule has 3 rings (SSSR count). The summed E-state index contributed by atoms with van der Waals surface area (Å²) in [5, 5.41) is 8.61. The van der Waals surface area contributed by atoms with E-state index in [9.17, 15) is 31.1 Å². The van der Waals surface area contributed by atoms with Gasteiger partial charge in [0, 0.05) is 10.9 Å². The fourth-order valence-corrected chi connectivity index (χ4v) is 2.66. The molecule has 0 radical (unpaired) electrons. The molecular formula is C18H10F6N2O3. The quantitative estimate of drug-likeness (QED) is 0.421. The summed E-state index contributed by atoms with van der Waals surface area (Å²) in [6, 6.07) is 6.00. The van der Waals surface area contributed by atoms with Crippen molar-refractivity contribution in [2.45, 2.75) is 12.4 Å². The largest absolute Gasteiger partial charge is 0.511 e. The number of aromatic nitrogens is 1. The number of pyridine rings is 1. The van der Waals surface area contributed by atoms with Gasteiger partial charge < -0.3 is 15.6 Å². The molecule has 29 heavy (non-hydrogen) atoms. The lowest BCUT2D eigenvalue weighted by Crippen LogP contribution is -2.09. The highest BCUT2D eigenvalue weighted by molar-refractivity contribution is 5.97. The molecule has 2 aromatic carbocycles. The topological polar surface area (TPSA) is 85.4 Å². The number of carbonyl (C=O) groups is 1. The number of fused-ring (bicyclic) bond motifs is 1. The Morgan fingerprint density at radius 2 is 1.48 bits per heavy atom. The van der Waals surface area contributed by atoms with E-state index in [-0.39, 0.29) is 22.2 Å². The van der Waals surface area contributed by atoms with Crippen LogP contribution in [0.25, 0.3) is 22.2 Å². The van der Waals surface area contributed by atoms with E-state index in [0.29, 0.717) is 6.07 Å². The van der Waals surface area contributed by atoms with Crippen LogP contribution in [-0.4, -0.2) is 16.2 Å².